The van der Waals surface area contributed by atoms with Crippen molar-refractivity contribution in [2.75, 3.05) is 36.5 Å². The number of nitriles is 1. The van der Waals surface area contributed by atoms with Gasteiger partial charge >= 0.3 is 6.09 Å². The molecule has 0 saturated carbocycles. The summed E-state index contributed by atoms with van der Waals surface area (Å²) in [5, 5.41) is 19.8. The summed E-state index contributed by atoms with van der Waals surface area (Å²) in [6, 6.07) is 9.27. The summed E-state index contributed by atoms with van der Waals surface area (Å²) < 4.78 is 5.41. The van der Waals surface area contributed by atoms with Gasteiger partial charge in [0, 0.05) is 31.9 Å². The molecule has 1 aliphatic heterocycles. The van der Waals surface area contributed by atoms with E-state index in [1.165, 1.54) is 0 Å². The van der Waals surface area contributed by atoms with Crippen LogP contribution in [0.5, 0.6) is 0 Å². The fraction of sp³-hybridized carbons (Fsp3) is 0.444. The van der Waals surface area contributed by atoms with E-state index in [0.717, 1.165) is 5.69 Å². The van der Waals surface area contributed by atoms with Crippen LogP contribution >= 0.6 is 0 Å². The third-order valence-corrected chi connectivity index (χ3v) is 3.82. The Morgan fingerprint density at radius 2 is 1.85 bits per heavy atom. The highest BCUT2D eigenvalue weighted by Crippen LogP contribution is 2.20. The third-order valence-electron chi connectivity index (χ3n) is 3.82. The molecule has 144 valence electrons. The van der Waals surface area contributed by atoms with Crippen LogP contribution in [-0.2, 0) is 4.74 Å². The average Bonchev–Trinajstić information content (AvgIpc) is 2.61. The van der Waals surface area contributed by atoms with Crippen molar-refractivity contribution < 1.29 is 9.53 Å². The predicted octanol–water partition coefficient (Wildman–Crippen LogP) is 1.97. The van der Waals surface area contributed by atoms with Crippen molar-refractivity contribution in [3.8, 4) is 6.07 Å². The number of nitrogens with zero attached hydrogens (tertiary/aromatic N) is 4. The van der Waals surface area contributed by atoms with Crippen molar-refractivity contribution in [1.29, 1.82) is 10.7 Å². The number of amidine groups is 1. The first-order chi connectivity index (χ1) is 12.7. The Balaban J connectivity index is 1.91. The zero-order valence-corrected chi connectivity index (χ0v) is 15.8. The minimum absolute atomic E-state index is 0.169. The van der Waals surface area contributed by atoms with Crippen molar-refractivity contribution in [2.24, 2.45) is 10.8 Å². The van der Waals surface area contributed by atoms with E-state index in [1.54, 1.807) is 11.0 Å². The van der Waals surface area contributed by atoms with Crippen LogP contribution in [0.2, 0.25) is 0 Å². The number of hydrazone groups is 1. The molecule has 1 aromatic rings. The molecule has 9 nitrogen and oxygen atoms in total. The summed E-state index contributed by atoms with van der Waals surface area (Å²) in [5.74, 6) is -0.385. The molecule has 0 spiro atoms. The molecule has 0 aromatic heterocycles. The highest BCUT2D eigenvalue weighted by Gasteiger charge is 2.25. The van der Waals surface area contributed by atoms with E-state index < -0.39 is 5.60 Å². The maximum atomic E-state index is 12.1. The number of carbonyl (C=O) groups is 1. The lowest BCUT2D eigenvalue weighted by Gasteiger charge is -2.36. The summed E-state index contributed by atoms with van der Waals surface area (Å²) in [7, 11) is 0. The minimum atomic E-state index is -0.493. The van der Waals surface area contributed by atoms with Crippen LogP contribution < -0.4 is 16.1 Å². The molecule has 0 atom stereocenters. The number of carbonyl (C=O) groups excluding carboxylic acids is 1. The van der Waals surface area contributed by atoms with Crippen LogP contribution in [0.15, 0.2) is 29.4 Å². The fourth-order valence-corrected chi connectivity index (χ4v) is 2.49. The Labute approximate surface area is 158 Å². The summed E-state index contributed by atoms with van der Waals surface area (Å²) in [5.41, 5.74) is 9.00. The van der Waals surface area contributed by atoms with Gasteiger partial charge in [0.05, 0.1) is 5.69 Å². The first kappa shape index (κ1) is 20.0. The zero-order chi connectivity index (χ0) is 20.0. The van der Waals surface area contributed by atoms with Gasteiger partial charge in [0.1, 0.15) is 11.7 Å². The van der Waals surface area contributed by atoms with E-state index in [2.05, 4.69) is 15.4 Å². The van der Waals surface area contributed by atoms with Crippen LogP contribution in [-0.4, -0.2) is 54.3 Å². The predicted molar refractivity (Wildman–Crippen MR) is 105 cm³/mol. The molecule has 1 amide bonds. The summed E-state index contributed by atoms with van der Waals surface area (Å²) in [6.45, 7) is 8.21. The van der Waals surface area contributed by atoms with Crippen LogP contribution in [0, 0.1) is 16.7 Å². The number of hydrogen-bond donors (Lipinski definition) is 3. The number of benzene rings is 1. The van der Waals surface area contributed by atoms with Crippen LogP contribution in [0.4, 0.5) is 16.2 Å². The quantitative estimate of drug-likeness (QED) is 0.421. The molecule has 1 fully saturated rings. The molecule has 1 aliphatic rings. The van der Waals surface area contributed by atoms with Gasteiger partial charge in [-0.2, -0.15) is 10.4 Å². The molecule has 2 rings (SSSR count). The van der Waals surface area contributed by atoms with Gasteiger partial charge in [0.15, 0.2) is 5.84 Å². The Hall–Kier alpha value is -3.28. The number of piperazine rings is 1. The van der Waals surface area contributed by atoms with Gasteiger partial charge < -0.3 is 20.3 Å². The fourth-order valence-electron chi connectivity index (χ4n) is 2.49. The van der Waals surface area contributed by atoms with Crippen molar-refractivity contribution >= 4 is 29.0 Å². The lowest BCUT2D eigenvalue weighted by atomic mass is 10.2. The summed E-state index contributed by atoms with van der Waals surface area (Å²) in [6.07, 6.45) is -0.279. The normalized spacial score (nSPS) is 15.1. The first-order valence-electron chi connectivity index (χ1n) is 8.61. The zero-order valence-electron chi connectivity index (χ0n) is 15.8. The monoisotopic (exact) mass is 371 g/mol. The maximum absolute atomic E-state index is 12.1. The molecule has 4 N–H and O–H groups in total. The van der Waals surface area contributed by atoms with Gasteiger partial charge in [-0.15, -0.1) is 0 Å². The van der Waals surface area contributed by atoms with Gasteiger partial charge in [0.2, 0.25) is 5.71 Å². The molecule has 0 unspecified atom stereocenters. The highest BCUT2D eigenvalue weighted by molar-refractivity contribution is 6.45. The van der Waals surface area contributed by atoms with Crippen molar-refractivity contribution in [2.45, 2.75) is 26.4 Å². The Bertz CT molecular complexity index is 751. The maximum Gasteiger partial charge on any atom is 0.410 e. The molecule has 1 saturated heterocycles. The average molecular weight is 371 g/mol. The number of nitrogens with two attached hydrogens (primary N) is 1. The summed E-state index contributed by atoms with van der Waals surface area (Å²) in [4.78, 5) is 16.0. The second kappa shape index (κ2) is 8.40. The van der Waals surface area contributed by atoms with E-state index >= 15 is 0 Å². The smallest absolute Gasteiger partial charge is 0.410 e. The summed E-state index contributed by atoms with van der Waals surface area (Å²) >= 11 is 0. The van der Waals surface area contributed by atoms with Gasteiger partial charge in [-0.05, 0) is 45.0 Å². The van der Waals surface area contributed by atoms with E-state index in [4.69, 9.17) is 21.1 Å². The number of nitrogens with one attached hydrogen (secondary N) is 2. The Morgan fingerprint density at radius 1 is 1.26 bits per heavy atom. The lowest BCUT2D eigenvalue weighted by Crippen LogP contribution is -2.50. The molecule has 9 heteroatoms. The molecule has 1 heterocycles. The molecule has 0 aliphatic carbocycles. The van der Waals surface area contributed by atoms with Crippen LogP contribution in [0.1, 0.15) is 20.8 Å². The second-order valence-corrected chi connectivity index (χ2v) is 7.10. The van der Waals surface area contributed by atoms with Crippen LogP contribution in [0.3, 0.4) is 0 Å². The first-order valence-corrected chi connectivity index (χ1v) is 8.61. The van der Waals surface area contributed by atoms with Gasteiger partial charge in [0.25, 0.3) is 0 Å². The number of rotatable bonds is 4. The Morgan fingerprint density at radius 3 is 2.33 bits per heavy atom. The standard InChI is InChI=1S/C18H25N7O2/c1-18(2,3)27-17(26)25-10-8-24(9-11-25)14-6-4-13(5-7-14)22-23-15(12-19)16(20)21/h4-7,22H,8-11H2,1-3H3,(H3,20,21)/b23-15+. The van der Waals surface area contributed by atoms with Crippen molar-refractivity contribution in [3.05, 3.63) is 24.3 Å². The number of amides is 1. The lowest BCUT2D eigenvalue weighted by molar-refractivity contribution is 0.0240. The molecule has 0 bridgehead atoms. The SMILES string of the molecule is CC(C)(C)OC(=O)N1CCN(c2ccc(N/N=C(\C#N)C(=N)N)cc2)CC1. The molecule has 27 heavy (non-hydrogen) atoms. The number of ether oxygens (including phenoxy) is 1. The van der Waals surface area contributed by atoms with E-state index in [0.29, 0.717) is 31.9 Å². The van der Waals surface area contributed by atoms with Gasteiger partial charge in [-0.25, -0.2) is 4.79 Å². The van der Waals surface area contributed by atoms with E-state index in [9.17, 15) is 4.79 Å². The minimum Gasteiger partial charge on any atom is -0.444 e. The van der Waals surface area contributed by atoms with E-state index in [-0.39, 0.29) is 17.6 Å². The molecule has 1 aromatic carbocycles. The Kier molecular flexibility index (Phi) is 6.23. The van der Waals surface area contributed by atoms with Crippen molar-refractivity contribution in [1.82, 2.24) is 4.90 Å². The third kappa shape index (κ3) is 5.88. The largest absolute Gasteiger partial charge is 0.444 e. The molecular formula is C18H25N7O2. The highest BCUT2D eigenvalue weighted by atomic mass is 16.6. The topological polar surface area (TPSA) is 131 Å². The molecule has 0 radical (unpaired) electrons. The van der Waals surface area contributed by atoms with E-state index in [1.807, 2.05) is 45.0 Å². The number of anilines is 2. The van der Waals surface area contributed by atoms with Gasteiger partial charge in [-0.3, -0.25) is 10.8 Å². The van der Waals surface area contributed by atoms with Crippen molar-refractivity contribution in [3.63, 3.8) is 0 Å². The van der Waals surface area contributed by atoms with Gasteiger partial charge in [-0.1, -0.05) is 0 Å². The second-order valence-electron chi connectivity index (χ2n) is 7.10. The van der Waals surface area contributed by atoms with Crippen LogP contribution in [0.25, 0.3) is 0 Å². The number of hydrogen-bond acceptors (Lipinski definition) is 7. The molecular weight excluding hydrogens is 346 g/mol.